The van der Waals surface area contributed by atoms with E-state index in [2.05, 4.69) is 10.6 Å². The predicted octanol–water partition coefficient (Wildman–Crippen LogP) is 3.86. The topological polar surface area (TPSA) is 84.2 Å². The fourth-order valence-corrected chi connectivity index (χ4v) is 2.85. The molecule has 1 fully saturated rings. The van der Waals surface area contributed by atoms with Crippen LogP contribution in [0.2, 0.25) is 0 Å². The lowest BCUT2D eigenvalue weighted by molar-refractivity contribution is -0.123. The number of amides is 2. The molecule has 0 radical (unpaired) electrons. The Kier molecular flexibility index (Phi) is 7.44. The summed E-state index contributed by atoms with van der Waals surface area (Å²) in [5.41, 5.74) is 7.91. The van der Waals surface area contributed by atoms with E-state index >= 15 is 0 Å². The lowest BCUT2D eigenvalue weighted by Gasteiger charge is -2.26. The molecule has 1 aliphatic rings. The van der Waals surface area contributed by atoms with Crippen LogP contribution in [0.1, 0.15) is 52.0 Å². The third-order valence-electron chi connectivity index (χ3n) is 4.52. The molecule has 0 spiro atoms. The molecule has 4 N–H and O–H groups in total. The third kappa shape index (κ3) is 6.01. The summed E-state index contributed by atoms with van der Waals surface area (Å²) < 4.78 is 0. The zero-order valence-corrected chi connectivity index (χ0v) is 16.3. The van der Waals surface area contributed by atoms with Crippen molar-refractivity contribution in [2.24, 2.45) is 17.1 Å². The fraction of sp³-hybridized carbons (Fsp3) is 0.579. The second kappa shape index (κ2) is 8.68. The van der Waals surface area contributed by atoms with Crippen LogP contribution in [0.3, 0.4) is 0 Å². The summed E-state index contributed by atoms with van der Waals surface area (Å²) in [5.74, 6) is -0.0598. The number of anilines is 2. The van der Waals surface area contributed by atoms with Crippen molar-refractivity contribution in [1.29, 1.82) is 0 Å². The monoisotopic (exact) mass is 367 g/mol. The number of nitrogens with one attached hydrogen (secondary N) is 2. The number of benzene rings is 1. The maximum Gasteiger partial charge on any atom is 0.229 e. The van der Waals surface area contributed by atoms with Gasteiger partial charge in [0.15, 0.2) is 0 Å². The first kappa shape index (κ1) is 21.5. The highest BCUT2D eigenvalue weighted by atomic mass is 35.5. The highest BCUT2D eigenvalue weighted by molar-refractivity contribution is 5.97. The van der Waals surface area contributed by atoms with E-state index in [-0.39, 0.29) is 36.2 Å². The van der Waals surface area contributed by atoms with Crippen LogP contribution < -0.4 is 16.4 Å². The zero-order valence-electron chi connectivity index (χ0n) is 15.5. The quantitative estimate of drug-likeness (QED) is 0.758. The number of nitrogens with two attached hydrogens (primary N) is 1. The van der Waals surface area contributed by atoms with Crippen molar-refractivity contribution in [2.45, 2.75) is 59.4 Å². The van der Waals surface area contributed by atoms with E-state index in [1.54, 1.807) is 0 Å². The summed E-state index contributed by atoms with van der Waals surface area (Å²) in [6.45, 7) is 7.54. The number of rotatable bonds is 3. The summed E-state index contributed by atoms with van der Waals surface area (Å²) in [6.07, 6.45) is 3.63. The van der Waals surface area contributed by atoms with Gasteiger partial charge in [-0.2, -0.15) is 0 Å². The number of hydrogen-bond acceptors (Lipinski definition) is 3. The molecular formula is C19H30ClN3O2. The van der Waals surface area contributed by atoms with E-state index in [4.69, 9.17) is 5.73 Å². The minimum Gasteiger partial charge on any atom is -0.328 e. The Balaban J connectivity index is 0.00000312. The Bertz CT molecular complexity index is 626. The SMILES string of the molecule is Cc1ccc(NC(=O)C(C)(C)C)cc1NC(=O)C1CCCC(N)C1.Cl. The smallest absolute Gasteiger partial charge is 0.229 e. The molecule has 0 aliphatic heterocycles. The average Bonchev–Trinajstić information content (AvgIpc) is 2.49. The molecule has 1 aliphatic carbocycles. The maximum absolute atomic E-state index is 12.5. The van der Waals surface area contributed by atoms with Crippen molar-refractivity contribution in [1.82, 2.24) is 0 Å². The molecule has 0 bridgehead atoms. The van der Waals surface area contributed by atoms with Crippen molar-refractivity contribution in [3.8, 4) is 0 Å². The van der Waals surface area contributed by atoms with Gasteiger partial charge in [0.1, 0.15) is 0 Å². The largest absolute Gasteiger partial charge is 0.328 e. The van der Waals surface area contributed by atoms with Gasteiger partial charge in [0.05, 0.1) is 0 Å². The van der Waals surface area contributed by atoms with Crippen LogP contribution >= 0.6 is 12.4 Å². The van der Waals surface area contributed by atoms with Crippen LogP contribution in [0.25, 0.3) is 0 Å². The Morgan fingerprint density at radius 2 is 1.84 bits per heavy atom. The minimum absolute atomic E-state index is 0. The van der Waals surface area contributed by atoms with Crippen LogP contribution in [-0.4, -0.2) is 17.9 Å². The Morgan fingerprint density at radius 1 is 1.16 bits per heavy atom. The van der Waals surface area contributed by atoms with E-state index in [0.29, 0.717) is 5.69 Å². The highest BCUT2D eigenvalue weighted by Crippen LogP contribution is 2.27. The minimum atomic E-state index is -0.466. The van der Waals surface area contributed by atoms with E-state index < -0.39 is 5.41 Å². The molecule has 6 heteroatoms. The molecular weight excluding hydrogens is 338 g/mol. The van der Waals surface area contributed by atoms with Crippen molar-refractivity contribution in [3.05, 3.63) is 23.8 Å². The van der Waals surface area contributed by atoms with Crippen molar-refractivity contribution >= 4 is 35.6 Å². The first-order chi connectivity index (χ1) is 11.2. The molecule has 2 amide bonds. The molecule has 25 heavy (non-hydrogen) atoms. The highest BCUT2D eigenvalue weighted by Gasteiger charge is 2.26. The van der Waals surface area contributed by atoms with Gasteiger partial charge in [0.2, 0.25) is 11.8 Å². The normalized spacial score (nSPS) is 20.4. The second-order valence-electron chi connectivity index (χ2n) is 7.85. The molecule has 1 aromatic rings. The summed E-state index contributed by atoms with van der Waals surface area (Å²) in [6, 6.07) is 5.69. The van der Waals surface area contributed by atoms with E-state index in [9.17, 15) is 9.59 Å². The Hall–Kier alpha value is -1.59. The zero-order chi connectivity index (χ0) is 17.9. The van der Waals surface area contributed by atoms with Crippen molar-refractivity contribution in [3.63, 3.8) is 0 Å². The number of carbonyl (C=O) groups excluding carboxylic acids is 2. The van der Waals surface area contributed by atoms with Gasteiger partial charge < -0.3 is 16.4 Å². The molecule has 2 rings (SSSR count). The fourth-order valence-electron chi connectivity index (χ4n) is 2.85. The van der Waals surface area contributed by atoms with Crippen LogP contribution in [-0.2, 0) is 9.59 Å². The summed E-state index contributed by atoms with van der Waals surface area (Å²) in [4.78, 5) is 24.6. The van der Waals surface area contributed by atoms with E-state index in [1.807, 2.05) is 45.9 Å². The molecule has 5 nitrogen and oxygen atoms in total. The number of aryl methyl sites for hydroxylation is 1. The lowest BCUT2D eigenvalue weighted by atomic mass is 9.85. The molecule has 1 saturated carbocycles. The van der Waals surface area contributed by atoms with Gasteiger partial charge in [0.25, 0.3) is 0 Å². The number of carbonyl (C=O) groups is 2. The predicted molar refractivity (Wildman–Crippen MR) is 105 cm³/mol. The summed E-state index contributed by atoms with van der Waals surface area (Å²) in [7, 11) is 0. The molecule has 0 saturated heterocycles. The van der Waals surface area contributed by atoms with Crippen molar-refractivity contribution < 1.29 is 9.59 Å². The molecule has 140 valence electrons. The Morgan fingerprint density at radius 3 is 2.44 bits per heavy atom. The van der Waals surface area contributed by atoms with E-state index in [1.165, 1.54) is 0 Å². The van der Waals surface area contributed by atoms with Crippen LogP contribution in [0, 0.1) is 18.3 Å². The molecule has 2 atom stereocenters. The van der Waals surface area contributed by atoms with Gasteiger partial charge in [-0.1, -0.05) is 33.3 Å². The number of hydrogen-bond donors (Lipinski definition) is 3. The molecule has 2 unspecified atom stereocenters. The number of halogens is 1. The van der Waals surface area contributed by atoms with Crippen LogP contribution in [0.5, 0.6) is 0 Å². The van der Waals surface area contributed by atoms with Gasteiger partial charge in [-0.05, 0) is 43.9 Å². The first-order valence-electron chi connectivity index (χ1n) is 8.65. The summed E-state index contributed by atoms with van der Waals surface area (Å²) in [5, 5.41) is 5.91. The standard InChI is InChI=1S/C19H29N3O2.ClH/c1-12-8-9-15(21-18(24)19(2,3)4)11-16(12)22-17(23)13-6-5-7-14(20)10-13;/h8-9,11,13-14H,5-7,10,20H2,1-4H3,(H,21,24)(H,22,23);1H. The van der Waals surface area contributed by atoms with Crippen LogP contribution in [0.15, 0.2) is 18.2 Å². The third-order valence-corrected chi connectivity index (χ3v) is 4.52. The van der Waals surface area contributed by atoms with Crippen LogP contribution in [0.4, 0.5) is 11.4 Å². The van der Waals surface area contributed by atoms with E-state index in [0.717, 1.165) is 36.9 Å². The summed E-state index contributed by atoms with van der Waals surface area (Å²) >= 11 is 0. The van der Waals surface area contributed by atoms with Gasteiger partial charge >= 0.3 is 0 Å². The van der Waals surface area contributed by atoms with Crippen molar-refractivity contribution in [2.75, 3.05) is 10.6 Å². The molecule has 0 aromatic heterocycles. The first-order valence-corrected chi connectivity index (χ1v) is 8.65. The molecule has 0 heterocycles. The average molecular weight is 368 g/mol. The molecule has 1 aromatic carbocycles. The maximum atomic E-state index is 12.5. The van der Waals surface area contributed by atoms with Gasteiger partial charge in [-0.15, -0.1) is 12.4 Å². The lowest BCUT2D eigenvalue weighted by Crippen LogP contribution is -2.34. The second-order valence-corrected chi connectivity index (χ2v) is 7.85. The van der Waals surface area contributed by atoms with Gasteiger partial charge in [-0.25, -0.2) is 0 Å². The van der Waals surface area contributed by atoms with Gasteiger partial charge in [0, 0.05) is 28.7 Å². The van der Waals surface area contributed by atoms with Gasteiger partial charge in [-0.3, -0.25) is 9.59 Å². The Labute approximate surface area is 156 Å².